The first-order valence-corrected chi connectivity index (χ1v) is 13.5. The maximum Gasteiger partial charge on any atom is 0.417 e. The van der Waals surface area contributed by atoms with Crippen LogP contribution in [0.4, 0.5) is 28.0 Å². The standard InChI is InChI=1S/C28H28Cl2F4N4O3/c1-14-6-5-7-16(21(14)28(32,33)34)20-19(29)12-17-23(18(13-35-40)25(30)37-24(17)22(20)31)36-15-8-10-38(11-9-15)26(39)41-27(2,3)4/h5-7,12-13,15,40H,8-11H2,1-4H3,(H,36,37)/b35-13+. The Morgan fingerprint density at radius 2 is 1.88 bits per heavy atom. The second kappa shape index (κ2) is 11.5. The van der Waals surface area contributed by atoms with Crippen LogP contribution in [0.25, 0.3) is 22.0 Å². The van der Waals surface area contributed by atoms with Crippen LogP contribution in [0.1, 0.15) is 50.3 Å². The number of carbonyl (C=O) groups excluding carboxylic acids is 1. The Bertz CT molecular complexity index is 1520. The van der Waals surface area contributed by atoms with Crippen LogP contribution in [0.2, 0.25) is 10.2 Å². The molecule has 1 aromatic heterocycles. The van der Waals surface area contributed by atoms with Gasteiger partial charge in [-0.1, -0.05) is 46.6 Å². The lowest BCUT2D eigenvalue weighted by Crippen LogP contribution is -2.44. The van der Waals surface area contributed by atoms with Gasteiger partial charge in [-0.25, -0.2) is 14.2 Å². The predicted octanol–water partition coefficient (Wildman–Crippen LogP) is 8.29. The van der Waals surface area contributed by atoms with E-state index in [2.05, 4.69) is 15.5 Å². The van der Waals surface area contributed by atoms with Crippen LogP contribution in [-0.4, -0.2) is 52.1 Å². The van der Waals surface area contributed by atoms with Crippen molar-refractivity contribution in [3.63, 3.8) is 0 Å². The van der Waals surface area contributed by atoms with Crippen molar-refractivity contribution in [3.8, 4) is 11.1 Å². The monoisotopic (exact) mass is 614 g/mol. The highest BCUT2D eigenvalue weighted by atomic mass is 35.5. The number of hydrogen-bond acceptors (Lipinski definition) is 6. The molecule has 1 aliphatic rings. The average molecular weight is 615 g/mol. The van der Waals surface area contributed by atoms with Gasteiger partial charge in [0.25, 0.3) is 0 Å². The molecule has 0 unspecified atom stereocenters. The van der Waals surface area contributed by atoms with E-state index in [1.807, 2.05) is 0 Å². The molecule has 1 saturated heterocycles. The van der Waals surface area contributed by atoms with E-state index in [-0.39, 0.29) is 43.9 Å². The molecule has 0 saturated carbocycles. The molecular weight excluding hydrogens is 587 g/mol. The Hall–Kier alpha value is -3.31. The van der Waals surface area contributed by atoms with Crippen molar-refractivity contribution in [2.75, 3.05) is 18.4 Å². The molecule has 4 rings (SSSR count). The first kappa shape index (κ1) is 30.6. The summed E-state index contributed by atoms with van der Waals surface area (Å²) in [6.07, 6.45) is -3.20. The smallest absolute Gasteiger partial charge is 0.417 e. The number of likely N-dealkylation sites (tertiary alicyclic amines) is 1. The first-order valence-electron chi connectivity index (χ1n) is 12.7. The van der Waals surface area contributed by atoms with Gasteiger partial charge in [0.15, 0.2) is 5.82 Å². The molecule has 0 spiro atoms. The molecule has 1 amide bonds. The normalized spacial score (nSPS) is 15.1. The molecule has 1 aliphatic heterocycles. The van der Waals surface area contributed by atoms with E-state index in [1.165, 1.54) is 25.1 Å². The number of ether oxygens (including phenoxy) is 1. The van der Waals surface area contributed by atoms with Crippen molar-refractivity contribution in [3.05, 3.63) is 56.9 Å². The number of piperidine rings is 1. The highest BCUT2D eigenvalue weighted by molar-refractivity contribution is 6.36. The summed E-state index contributed by atoms with van der Waals surface area (Å²) in [6, 6.07) is 4.91. The van der Waals surface area contributed by atoms with Gasteiger partial charge in [-0.3, -0.25) is 0 Å². The zero-order valence-electron chi connectivity index (χ0n) is 22.7. The fourth-order valence-electron chi connectivity index (χ4n) is 4.88. The Morgan fingerprint density at radius 1 is 1.22 bits per heavy atom. The maximum absolute atomic E-state index is 16.1. The number of nitrogens with one attached hydrogen (secondary N) is 1. The van der Waals surface area contributed by atoms with Crippen LogP contribution in [0.3, 0.4) is 0 Å². The van der Waals surface area contributed by atoms with E-state index in [1.54, 1.807) is 25.7 Å². The SMILES string of the molecule is Cc1cccc(-c2c(Cl)cc3c(NC4CCN(C(=O)OC(C)(C)C)CC4)c(/C=N/O)c(Cl)nc3c2F)c1C(F)(F)F. The lowest BCUT2D eigenvalue weighted by Gasteiger charge is -2.34. The van der Waals surface area contributed by atoms with Crippen LogP contribution in [0.5, 0.6) is 0 Å². The molecule has 13 heteroatoms. The van der Waals surface area contributed by atoms with Gasteiger partial charge in [0.05, 0.1) is 28.1 Å². The molecule has 2 N–H and O–H groups in total. The van der Waals surface area contributed by atoms with Crippen LogP contribution >= 0.6 is 23.2 Å². The molecule has 7 nitrogen and oxygen atoms in total. The average Bonchev–Trinajstić information content (AvgIpc) is 2.85. The number of aryl methyl sites for hydroxylation is 1. The van der Waals surface area contributed by atoms with Gasteiger partial charge in [-0.2, -0.15) is 13.2 Å². The van der Waals surface area contributed by atoms with Gasteiger partial charge < -0.3 is 20.2 Å². The highest BCUT2D eigenvalue weighted by Gasteiger charge is 2.37. The molecule has 2 aromatic carbocycles. The third-order valence-electron chi connectivity index (χ3n) is 6.67. The summed E-state index contributed by atoms with van der Waals surface area (Å²) in [5, 5.41) is 15.2. The van der Waals surface area contributed by atoms with E-state index < -0.39 is 40.4 Å². The lowest BCUT2D eigenvalue weighted by atomic mass is 9.93. The fraction of sp³-hybridized carbons (Fsp3) is 0.393. The number of amides is 1. The van der Waals surface area contributed by atoms with E-state index in [9.17, 15) is 23.2 Å². The third kappa shape index (κ3) is 6.46. The maximum atomic E-state index is 16.1. The lowest BCUT2D eigenvalue weighted by molar-refractivity contribution is -0.137. The number of aromatic nitrogens is 1. The molecule has 0 aliphatic carbocycles. The Labute approximate surface area is 244 Å². The number of hydrogen-bond donors (Lipinski definition) is 2. The van der Waals surface area contributed by atoms with Crippen LogP contribution < -0.4 is 5.32 Å². The van der Waals surface area contributed by atoms with Crippen LogP contribution in [-0.2, 0) is 10.9 Å². The van der Waals surface area contributed by atoms with Gasteiger partial charge in [-0.05, 0) is 57.7 Å². The second-order valence-electron chi connectivity index (χ2n) is 10.8. The van der Waals surface area contributed by atoms with E-state index >= 15 is 4.39 Å². The number of alkyl halides is 3. The molecular formula is C28H28Cl2F4N4O3. The first-order chi connectivity index (χ1) is 19.1. The Balaban J connectivity index is 1.78. The molecule has 2 heterocycles. The second-order valence-corrected chi connectivity index (χ2v) is 11.5. The van der Waals surface area contributed by atoms with Gasteiger partial charge in [-0.15, -0.1) is 0 Å². The van der Waals surface area contributed by atoms with Gasteiger partial charge in [0.1, 0.15) is 16.3 Å². The summed E-state index contributed by atoms with van der Waals surface area (Å²) in [5.41, 5.74) is -2.57. The number of fused-ring (bicyclic) bond motifs is 1. The number of rotatable bonds is 4. The number of anilines is 1. The number of benzene rings is 2. The summed E-state index contributed by atoms with van der Waals surface area (Å²) in [7, 11) is 0. The molecule has 0 atom stereocenters. The molecule has 0 bridgehead atoms. The molecule has 1 fully saturated rings. The number of oxime groups is 1. The summed E-state index contributed by atoms with van der Waals surface area (Å²) >= 11 is 12.8. The van der Waals surface area contributed by atoms with Crippen LogP contribution in [0, 0.1) is 12.7 Å². The van der Waals surface area contributed by atoms with Gasteiger partial charge >= 0.3 is 12.3 Å². The van der Waals surface area contributed by atoms with Gasteiger partial charge in [0, 0.05) is 30.1 Å². The molecule has 0 radical (unpaired) electrons. The summed E-state index contributed by atoms with van der Waals surface area (Å²) in [5.74, 6) is -1.08. The number of nitrogens with zero attached hydrogens (tertiary/aromatic N) is 3. The molecule has 41 heavy (non-hydrogen) atoms. The largest absolute Gasteiger partial charge is 0.444 e. The molecule has 220 valence electrons. The Morgan fingerprint density at radius 3 is 2.46 bits per heavy atom. The fourth-order valence-corrected chi connectivity index (χ4v) is 5.40. The summed E-state index contributed by atoms with van der Waals surface area (Å²) in [6.45, 7) is 7.37. The highest BCUT2D eigenvalue weighted by Crippen LogP contribution is 2.45. The third-order valence-corrected chi connectivity index (χ3v) is 7.26. The van der Waals surface area contributed by atoms with E-state index in [4.69, 9.17) is 27.9 Å². The van der Waals surface area contributed by atoms with Crippen molar-refractivity contribution in [1.29, 1.82) is 0 Å². The van der Waals surface area contributed by atoms with Crippen molar-refractivity contribution < 1.29 is 32.3 Å². The minimum atomic E-state index is -4.77. The predicted molar refractivity (Wildman–Crippen MR) is 151 cm³/mol. The molecule has 3 aromatic rings. The number of pyridine rings is 1. The van der Waals surface area contributed by atoms with Crippen molar-refractivity contribution >= 4 is 52.1 Å². The number of carbonyl (C=O) groups is 1. The minimum Gasteiger partial charge on any atom is -0.444 e. The Kier molecular flexibility index (Phi) is 8.61. The summed E-state index contributed by atoms with van der Waals surface area (Å²) < 4.78 is 63.5. The van der Waals surface area contributed by atoms with Gasteiger partial charge in [0.2, 0.25) is 0 Å². The zero-order chi connectivity index (χ0) is 30.3. The van der Waals surface area contributed by atoms with E-state index in [0.717, 1.165) is 12.3 Å². The van der Waals surface area contributed by atoms with Crippen molar-refractivity contribution in [1.82, 2.24) is 9.88 Å². The number of halogens is 6. The topological polar surface area (TPSA) is 87.1 Å². The minimum absolute atomic E-state index is 0.0915. The van der Waals surface area contributed by atoms with E-state index in [0.29, 0.717) is 25.9 Å². The summed E-state index contributed by atoms with van der Waals surface area (Å²) in [4.78, 5) is 18.1. The van der Waals surface area contributed by atoms with Crippen molar-refractivity contribution in [2.24, 2.45) is 5.16 Å². The quantitative estimate of drug-likeness (QED) is 0.101. The van der Waals surface area contributed by atoms with Crippen LogP contribution in [0.15, 0.2) is 29.4 Å². The van der Waals surface area contributed by atoms with Crippen molar-refractivity contribution in [2.45, 2.75) is 58.4 Å². The zero-order valence-corrected chi connectivity index (χ0v) is 24.2.